The molecule has 0 amide bonds. The molecule has 6 atom stereocenters. The van der Waals surface area contributed by atoms with Gasteiger partial charge in [-0.2, -0.15) is 11.9 Å². The van der Waals surface area contributed by atoms with E-state index in [0.717, 1.165) is 51.7 Å². The molecule has 8 rings (SSSR count). The van der Waals surface area contributed by atoms with Gasteiger partial charge in [-0.1, -0.05) is 50.6 Å². The van der Waals surface area contributed by atoms with E-state index in [9.17, 15) is 25.5 Å². The fraction of sp³-hybridized carbons (Fsp3) is 0.396. The number of ketones is 1. The number of aromatic nitrogens is 2. The number of aliphatic hydroxyl groups excluding tert-OH is 1. The van der Waals surface area contributed by atoms with E-state index in [4.69, 9.17) is 19.4 Å². The van der Waals surface area contributed by atoms with Crippen LogP contribution in [-0.2, 0) is 23.1 Å². The van der Waals surface area contributed by atoms with Crippen LogP contribution < -0.4 is 25.1 Å². The van der Waals surface area contributed by atoms with Gasteiger partial charge in [-0.15, -0.1) is 0 Å². The fourth-order valence-electron chi connectivity index (χ4n) is 10.9. The number of carbonyl (C=O) groups is 1. The lowest BCUT2D eigenvalue weighted by Crippen LogP contribution is -2.50. The molecule has 1 fully saturated rings. The summed E-state index contributed by atoms with van der Waals surface area (Å²) in [5.74, 6) is -1.15. The number of likely N-dealkylation sites (N-methyl/N-ethyl adjacent to an activating group) is 1. The molecule has 2 aliphatic rings. The average Bonchev–Trinajstić information content (AvgIpc) is 3.97. The predicted molar refractivity (Wildman–Crippen MR) is 252 cm³/mol. The van der Waals surface area contributed by atoms with Crippen LogP contribution in [0.1, 0.15) is 92.2 Å². The van der Waals surface area contributed by atoms with Crippen molar-refractivity contribution in [3.8, 4) is 34.5 Å². The summed E-state index contributed by atoms with van der Waals surface area (Å²) in [4.78, 5) is 25.6. The first-order valence-corrected chi connectivity index (χ1v) is 22.8. The third kappa shape index (κ3) is 9.46. The van der Waals surface area contributed by atoms with Gasteiger partial charge in [0, 0.05) is 30.3 Å². The van der Waals surface area contributed by atoms with Crippen molar-refractivity contribution in [2.24, 2.45) is 17.8 Å². The van der Waals surface area contributed by atoms with Crippen molar-refractivity contribution in [1.29, 1.82) is 0 Å². The van der Waals surface area contributed by atoms with Crippen molar-refractivity contribution in [1.82, 2.24) is 15.3 Å². The molecule has 2 bridgehead atoms. The second-order valence-corrected chi connectivity index (χ2v) is 18.5. The first-order chi connectivity index (χ1) is 31.4. The van der Waals surface area contributed by atoms with E-state index in [-0.39, 0.29) is 65.1 Å². The molecule has 4 aromatic carbocycles. The number of fused-ring (bicyclic) bond motifs is 6. The van der Waals surface area contributed by atoms with Gasteiger partial charge in [0.1, 0.15) is 17.4 Å². The van der Waals surface area contributed by atoms with E-state index in [0.29, 0.717) is 56.0 Å². The molecule has 2 aromatic heterocycles. The number of rotatable bonds is 13. The van der Waals surface area contributed by atoms with Gasteiger partial charge in [0.2, 0.25) is 5.75 Å². The molecular weight excluding hydrogens is 821 g/mol. The zero-order valence-electron chi connectivity index (χ0n) is 37.6. The molecule has 1 aliphatic heterocycles. The van der Waals surface area contributed by atoms with Crippen molar-refractivity contribution in [2.45, 2.75) is 88.6 Å². The predicted octanol–water partition coefficient (Wildman–Crippen LogP) is 9.14. The minimum Gasteiger partial charge on any atom is -0.668 e. The Balaban J connectivity index is 1.34. The van der Waals surface area contributed by atoms with Crippen LogP contribution in [0.4, 0.5) is 11.5 Å². The number of anilines is 2. The number of aryl methyl sites for hydroxylation is 1. The smallest absolute Gasteiger partial charge is 0.200 e. The topological polar surface area (TPSA) is 188 Å². The summed E-state index contributed by atoms with van der Waals surface area (Å²) < 4.78 is 11.5. The number of ether oxygens (including phenoxy) is 2. The lowest BCUT2D eigenvalue weighted by atomic mass is 9.58. The van der Waals surface area contributed by atoms with E-state index in [1.165, 1.54) is 13.2 Å². The van der Waals surface area contributed by atoms with Gasteiger partial charge < -0.3 is 50.6 Å². The van der Waals surface area contributed by atoms with E-state index < -0.39 is 23.4 Å². The summed E-state index contributed by atoms with van der Waals surface area (Å²) in [5.41, 5.74) is 4.27. The van der Waals surface area contributed by atoms with Gasteiger partial charge >= 0.3 is 0 Å². The van der Waals surface area contributed by atoms with Gasteiger partial charge in [0.05, 0.1) is 25.7 Å². The van der Waals surface area contributed by atoms with Crippen LogP contribution in [-0.4, -0.2) is 69.7 Å². The van der Waals surface area contributed by atoms with Gasteiger partial charge in [0.25, 0.3) is 0 Å². The molecule has 7 N–H and O–H groups in total. The summed E-state index contributed by atoms with van der Waals surface area (Å²) >= 11 is 0. The number of carbonyl (C=O) groups excluding carboxylic acids is 1. The lowest BCUT2D eigenvalue weighted by molar-refractivity contribution is -0.132. The Morgan fingerprint density at radius 2 is 1.82 bits per heavy atom. The first-order valence-electron chi connectivity index (χ1n) is 22.8. The number of phenols is 4. The third-order valence-electron chi connectivity index (χ3n) is 13.8. The molecule has 342 valence electrons. The third-order valence-corrected chi connectivity index (χ3v) is 13.8. The van der Waals surface area contributed by atoms with Crippen LogP contribution in [0.15, 0.2) is 97.3 Å². The summed E-state index contributed by atoms with van der Waals surface area (Å²) in [6.45, 7) is 4.81. The summed E-state index contributed by atoms with van der Waals surface area (Å²) in [7, 11) is 3.39. The van der Waals surface area contributed by atoms with E-state index in [1.54, 1.807) is 42.7 Å². The molecule has 12 nitrogen and oxygen atoms in total. The van der Waals surface area contributed by atoms with E-state index in [2.05, 4.69) is 16.7 Å². The number of nitrogens with one attached hydrogen (secondary N) is 2. The number of methoxy groups -OCH3 is 1. The Morgan fingerprint density at radius 3 is 2.58 bits per heavy atom. The highest BCUT2D eigenvalue weighted by Crippen LogP contribution is 2.55. The van der Waals surface area contributed by atoms with Crippen LogP contribution in [0, 0.1) is 17.8 Å². The zero-order valence-corrected chi connectivity index (χ0v) is 37.6. The number of aromatic hydroxyl groups is 4. The molecular formula is C53H61N4O8-. The van der Waals surface area contributed by atoms with Crippen LogP contribution in [0.5, 0.6) is 34.5 Å². The van der Waals surface area contributed by atoms with Crippen molar-refractivity contribution in [3.63, 3.8) is 0 Å². The molecule has 65 heavy (non-hydrogen) atoms. The molecule has 12 heteroatoms. The fourth-order valence-corrected chi connectivity index (χ4v) is 10.9. The van der Waals surface area contributed by atoms with Crippen molar-refractivity contribution < 1.29 is 39.8 Å². The standard InChI is InChI=1S/C53H61N4O8/c1-31(2)30-65-48-26-35(25-46(62)52(48)63)34-22-36(29-54-3)50-41-13-12-40(58)23-33(41)11-14-42(50)57-49-28-38(17-20-56-49)53(18-5-7-37(53)27-39-8-6-19-55-39)51(45(61)24-34)44(60)16-10-32-9-15-43(59)47(21-32)64-4/h6,8-9,11-15,17,19-21,23,25-26,28,31,34,36-37,44,51,54,58-60,62-63H,5,7,10,16,18,22,24,27,29-30H2,1-4H3,(H,56,57)/q-1. The normalized spacial score (nSPS) is 21.6. The number of benzene rings is 4. The molecule has 1 aliphatic carbocycles. The Labute approximate surface area is 380 Å². The first kappa shape index (κ1) is 45.3. The lowest BCUT2D eigenvalue weighted by Gasteiger charge is -2.45. The highest BCUT2D eigenvalue weighted by atomic mass is 16.5. The monoisotopic (exact) mass is 881 g/mol. The highest BCUT2D eigenvalue weighted by molar-refractivity contribution is 5.93. The second kappa shape index (κ2) is 19.5. The number of pyridine rings is 1. The minimum atomic E-state index is -1.09. The summed E-state index contributed by atoms with van der Waals surface area (Å²) in [5, 5.41) is 65.1. The number of nitrogens with zero attached hydrogens (tertiary/aromatic N) is 2. The average molecular weight is 882 g/mol. The van der Waals surface area contributed by atoms with Crippen LogP contribution in [0.25, 0.3) is 10.8 Å². The molecule has 6 unspecified atom stereocenters. The number of Topliss-reactive ketones (excluding diaryl/α,β-unsaturated/α-hetero) is 1. The maximum Gasteiger partial charge on any atom is 0.200 e. The molecule has 3 heterocycles. The van der Waals surface area contributed by atoms with Crippen molar-refractivity contribution in [2.75, 3.05) is 32.6 Å². The number of hydrogen-bond donors (Lipinski definition) is 7. The largest absolute Gasteiger partial charge is 0.668 e. The maximum absolute atomic E-state index is 16.1. The molecule has 1 saturated carbocycles. The summed E-state index contributed by atoms with van der Waals surface area (Å²) in [6, 6.07) is 25.8. The molecule has 1 spiro atoms. The Morgan fingerprint density at radius 1 is 0.969 bits per heavy atom. The van der Waals surface area contributed by atoms with Crippen LogP contribution in [0.3, 0.4) is 0 Å². The van der Waals surface area contributed by atoms with Crippen molar-refractivity contribution >= 4 is 28.1 Å². The van der Waals surface area contributed by atoms with Gasteiger partial charge in [-0.05, 0) is 157 Å². The molecule has 6 aromatic rings. The van der Waals surface area contributed by atoms with E-state index >= 15 is 4.79 Å². The summed E-state index contributed by atoms with van der Waals surface area (Å²) in [6.07, 6.45) is 6.51. The Bertz CT molecular complexity index is 2610. The van der Waals surface area contributed by atoms with Crippen LogP contribution in [0.2, 0.25) is 0 Å². The number of hydrogen-bond acceptors (Lipinski definition) is 11. The Hall–Kier alpha value is -6.24. The number of phenolic OH excluding ortho intramolecular Hbond substituents is 4. The van der Waals surface area contributed by atoms with Gasteiger partial charge in [-0.25, -0.2) is 4.98 Å². The molecule has 0 radical (unpaired) electrons. The zero-order chi connectivity index (χ0) is 45.8. The quantitative estimate of drug-likeness (QED) is 0.0546. The maximum atomic E-state index is 16.1. The minimum absolute atomic E-state index is 0.0121. The van der Waals surface area contributed by atoms with Crippen molar-refractivity contribution in [3.05, 3.63) is 125 Å². The second-order valence-electron chi connectivity index (χ2n) is 18.5. The van der Waals surface area contributed by atoms with Crippen LogP contribution >= 0.6 is 0 Å². The van der Waals surface area contributed by atoms with E-state index in [1.807, 2.05) is 63.4 Å². The number of aliphatic hydroxyl groups is 1. The Kier molecular flexibility index (Phi) is 13.6. The van der Waals surface area contributed by atoms with Gasteiger partial charge in [-0.3, -0.25) is 4.79 Å². The van der Waals surface area contributed by atoms with Gasteiger partial charge in [0.15, 0.2) is 23.0 Å². The molecule has 0 saturated heterocycles. The highest BCUT2D eigenvalue weighted by Gasteiger charge is 2.54. The SMILES string of the molecule is CNCC1CC(c2cc(O)c(O)c(OCC(C)C)c2)CC(=O)C(C(O)CCc2ccc(O)c(OC)c2)C2(CCCC2Cc2ccc[n-]2)c2ccnc(c2)Nc2ccc3cc(O)ccc3c21.